The summed E-state index contributed by atoms with van der Waals surface area (Å²) in [6.07, 6.45) is -0.486. The lowest BCUT2D eigenvalue weighted by molar-refractivity contribution is 0.191. The van der Waals surface area contributed by atoms with Gasteiger partial charge in [0.25, 0.3) is 5.56 Å². The van der Waals surface area contributed by atoms with E-state index in [1.807, 2.05) is 0 Å². The Morgan fingerprint density at radius 2 is 2.14 bits per heavy atom. The average Bonchev–Trinajstić information content (AvgIpc) is 2.85. The maximum Gasteiger partial charge on any atom is 0.274 e. The van der Waals surface area contributed by atoms with Crippen molar-refractivity contribution in [3.8, 4) is 0 Å². The molecule has 0 spiro atoms. The molecule has 0 aliphatic heterocycles. The van der Waals surface area contributed by atoms with Crippen LogP contribution in [0, 0.1) is 5.95 Å². The molecule has 3 N–H and O–H groups in total. The molecule has 0 aliphatic carbocycles. The zero-order valence-corrected chi connectivity index (χ0v) is 12.3. The van der Waals surface area contributed by atoms with Gasteiger partial charge in [-0.1, -0.05) is 28.4 Å². The largest absolute Gasteiger partial charge is 0.396 e. The number of nitrogens with two attached hydrogens (primary N) is 1. The number of hydrogen-bond acceptors (Lipinski definition) is 6. The van der Waals surface area contributed by atoms with E-state index in [1.54, 1.807) is 6.92 Å². The van der Waals surface area contributed by atoms with Crippen LogP contribution in [0.4, 0.5) is 10.1 Å². The van der Waals surface area contributed by atoms with Crippen LogP contribution in [0.5, 0.6) is 0 Å². The molecule has 7 nitrogen and oxygen atoms in total. The number of anilines is 1. The summed E-state index contributed by atoms with van der Waals surface area (Å²) in [7, 11) is 0. The van der Waals surface area contributed by atoms with Crippen LogP contribution in [-0.4, -0.2) is 25.9 Å². The van der Waals surface area contributed by atoms with E-state index in [0.29, 0.717) is 4.57 Å². The minimum absolute atomic E-state index is 0.0245. The minimum Gasteiger partial charge on any atom is -0.396 e. The van der Waals surface area contributed by atoms with Crippen molar-refractivity contribution in [3.63, 3.8) is 0 Å². The monoisotopic (exact) mass is 336 g/mol. The summed E-state index contributed by atoms with van der Waals surface area (Å²) < 4.78 is 19.5. The van der Waals surface area contributed by atoms with E-state index in [1.165, 1.54) is 0 Å². The Morgan fingerprint density at radius 3 is 2.76 bits per heavy atom. The number of halogens is 3. The predicted octanol–water partition coefficient (Wildman–Crippen LogP) is 1.23. The molecule has 10 heteroatoms. The Balaban J connectivity index is 2.36. The van der Waals surface area contributed by atoms with Crippen molar-refractivity contribution in [2.24, 2.45) is 0 Å². The molecule has 0 amide bonds. The highest BCUT2D eigenvalue weighted by Gasteiger charge is 2.20. The summed E-state index contributed by atoms with van der Waals surface area (Å²) in [5.41, 5.74) is 4.23. The Labute approximate surface area is 128 Å². The van der Waals surface area contributed by atoms with Crippen LogP contribution in [0.2, 0.25) is 10.0 Å². The molecule has 1 atom stereocenters. The third kappa shape index (κ3) is 3.17. The van der Waals surface area contributed by atoms with Crippen LogP contribution in [0.3, 0.4) is 0 Å². The normalized spacial score (nSPS) is 12.6. The second kappa shape index (κ2) is 6.00. The lowest BCUT2D eigenvalue weighted by Crippen LogP contribution is -2.26. The van der Waals surface area contributed by atoms with Crippen LogP contribution in [0.25, 0.3) is 0 Å². The van der Waals surface area contributed by atoms with Crippen LogP contribution < -0.4 is 11.3 Å². The summed E-state index contributed by atoms with van der Waals surface area (Å²) in [5, 5.41) is 12.0. The van der Waals surface area contributed by atoms with Crippen molar-refractivity contribution in [1.29, 1.82) is 0 Å². The first-order chi connectivity index (χ1) is 9.81. The third-order valence-corrected chi connectivity index (χ3v) is 3.33. The fourth-order valence-electron chi connectivity index (χ4n) is 1.63. The third-order valence-electron chi connectivity index (χ3n) is 2.61. The number of aromatic nitrogens is 3. The van der Waals surface area contributed by atoms with Gasteiger partial charge in [0, 0.05) is 6.42 Å². The van der Waals surface area contributed by atoms with Crippen molar-refractivity contribution in [1.82, 2.24) is 14.7 Å². The maximum atomic E-state index is 14.0. The summed E-state index contributed by atoms with van der Waals surface area (Å²) in [5.74, 6) is -0.830. The summed E-state index contributed by atoms with van der Waals surface area (Å²) in [4.78, 5) is 15.8. The molecular weight excluding hydrogens is 326 g/mol. The second-order valence-electron chi connectivity index (χ2n) is 4.38. The number of nitrogen functional groups attached to an aromatic ring is 1. The van der Waals surface area contributed by atoms with E-state index in [2.05, 4.69) is 10.1 Å². The molecule has 0 saturated heterocycles. The van der Waals surface area contributed by atoms with E-state index in [-0.39, 0.29) is 35.4 Å². The molecule has 1 unspecified atom stereocenters. The smallest absolute Gasteiger partial charge is 0.274 e. The maximum absolute atomic E-state index is 14.0. The number of nitrogens with zero attached hydrogens (tertiary/aromatic N) is 3. The van der Waals surface area contributed by atoms with Gasteiger partial charge in [-0.05, 0) is 6.92 Å². The van der Waals surface area contributed by atoms with E-state index >= 15 is 0 Å². The Bertz CT molecular complexity index is 729. The zero-order valence-electron chi connectivity index (χ0n) is 10.8. The number of pyridine rings is 1. The molecule has 0 aromatic carbocycles. The molecule has 0 saturated carbocycles. The molecule has 0 radical (unpaired) electrons. The molecule has 0 aliphatic rings. The molecule has 2 heterocycles. The average molecular weight is 337 g/mol. The van der Waals surface area contributed by atoms with Crippen molar-refractivity contribution in [2.45, 2.75) is 26.0 Å². The van der Waals surface area contributed by atoms with Crippen molar-refractivity contribution in [3.05, 3.63) is 38.1 Å². The molecular formula is C11H11Cl2FN4O3. The molecule has 2 aromatic heterocycles. The number of aliphatic hydroxyl groups is 1. The lowest BCUT2D eigenvalue weighted by Gasteiger charge is -2.09. The molecule has 21 heavy (non-hydrogen) atoms. The van der Waals surface area contributed by atoms with Gasteiger partial charge in [0.05, 0.1) is 11.8 Å². The van der Waals surface area contributed by atoms with Crippen LogP contribution >= 0.6 is 23.2 Å². The standard InChI is InChI=1S/C11H11Cl2FN4O3/c1-4(19)2-5-16-6(21-17-5)3-18-10(14)7(12)9(15)8(13)11(18)20/h4,19H,2-3,15H2,1H3. The summed E-state index contributed by atoms with van der Waals surface area (Å²) in [6.45, 7) is 1.21. The number of rotatable bonds is 4. The molecule has 2 aromatic rings. The Morgan fingerprint density at radius 1 is 1.48 bits per heavy atom. The molecule has 0 fully saturated rings. The molecule has 2 rings (SSSR count). The van der Waals surface area contributed by atoms with Gasteiger partial charge in [-0.25, -0.2) is 0 Å². The predicted molar refractivity (Wildman–Crippen MR) is 73.9 cm³/mol. The zero-order chi connectivity index (χ0) is 15.7. The fraction of sp³-hybridized carbons (Fsp3) is 0.364. The van der Waals surface area contributed by atoms with E-state index in [9.17, 15) is 14.3 Å². The van der Waals surface area contributed by atoms with Crippen molar-refractivity contribution < 1.29 is 14.0 Å². The highest BCUT2D eigenvalue weighted by atomic mass is 35.5. The highest BCUT2D eigenvalue weighted by molar-refractivity contribution is 6.38. The first kappa shape index (κ1) is 15.7. The molecule has 0 bridgehead atoms. The van der Waals surface area contributed by atoms with Gasteiger partial charge < -0.3 is 15.4 Å². The minimum atomic E-state index is -1.04. The first-order valence-electron chi connectivity index (χ1n) is 5.83. The second-order valence-corrected chi connectivity index (χ2v) is 5.14. The van der Waals surface area contributed by atoms with Crippen LogP contribution in [0.15, 0.2) is 9.32 Å². The highest BCUT2D eigenvalue weighted by Crippen LogP contribution is 2.26. The topological polar surface area (TPSA) is 107 Å². The van der Waals surface area contributed by atoms with Crippen molar-refractivity contribution in [2.75, 3.05) is 5.73 Å². The Hall–Kier alpha value is -1.64. The van der Waals surface area contributed by atoms with Gasteiger partial charge in [-0.15, -0.1) is 0 Å². The summed E-state index contributed by atoms with van der Waals surface area (Å²) >= 11 is 11.3. The van der Waals surface area contributed by atoms with Crippen LogP contribution in [-0.2, 0) is 13.0 Å². The van der Waals surface area contributed by atoms with Gasteiger partial charge in [0.15, 0.2) is 5.82 Å². The lowest BCUT2D eigenvalue weighted by atomic mass is 10.3. The quantitative estimate of drug-likeness (QED) is 0.813. The van der Waals surface area contributed by atoms with Gasteiger partial charge in [0.2, 0.25) is 11.8 Å². The van der Waals surface area contributed by atoms with E-state index in [4.69, 9.17) is 33.5 Å². The Kier molecular flexibility index (Phi) is 4.50. The van der Waals surface area contributed by atoms with E-state index < -0.39 is 22.6 Å². The van der Waals surface area contributed by atoms with Gasteiger partial charge in [0.1, 0.15) is 16.6 Å². The van der Waals surface area contributed by atoms with E-state index in [0.717, 1.165) is 0 Å². The van der Waals surface area contributed by atoms with Crippen molar-refractivity contribution >= 4 is 28.9 Å². The number of hydrogen-bond donors (Lipinski definition) is 2. The SMILES string of the molecule is CC(O)Cc1noc(Cn2c(F)c(Cl)c(N)c(Cl)c2=O)n1. The number of aliphatic hydroxyl groups excluding tert-OH is 1. The summed E-state index contributed by atoms with van der Waals surface area (Å²) in [6, 6.07) is 0. The van der Waals surface area contributed by atoms with Gasteiger partial charge in [-0.3, -0.25) is 9.36 Å². The fourth-order valence-corrected chi connectivity index (χ4v) is 2.07. The van der Waals surface area contributed by atoms with Gasteiger partial charge >= 0.3 is 0 Å². The first-order valence-corrected chi connectivity index (χ1v) is 6.59. The van der Waals surface area contributed by atoms with Crippen LogP contribution in [0.1, 0.15) is 18.6 Å². The molecule has 114 valence electrons. The van der Waals surface area contributed by atoms with Gasteiger partial charge in [-0.2, -0.15) is 9.37 Å².